The lowest BCUT2D eigenvalue weighted by Crippen LogP contribution is -2.18. The lowest BCUT2D eigenvalue weighted by Gasteiger charge is -2.14. The molecule has 0 bridgehead atoms. The van der Waals surface area contributed by atoms with Gasteiger partial charge in [-0.2, -0.15) is 5.10 Å². The van der Waals surface area contributed by atoms with Crippen molar-refractivity contribution >= 4 is 5.97 Å². The highest BCUT2D eigenvalue weighted by molar-refractivity contribution is 5.77. The molecule has 1 aliphatic heterocycles. The van der Waals surface area contributed by atoms with Gasteiger partial charge in [0.15, 0.2) is 11.5 Å². The Morgan fingerprint density at radius 3 is 2.50 bits per heavy atom. The molecule has 38 heavy (non-hydrogen) atoms. The van der Waals surface area contributed by atoms with E-state index in [1.807, 2.05) is 6.07 Å². The van der Waals surface area contributed by atoms with E-state index in [0.29, 0.717) is 34.3 Å². The van der Waals surface area contributed by atoms with Crippen LogP contribution in [-0.4, -0.2) is 41.1 Å². The van der Waals surface area contributed by atoms with Crippen molar-refractivity contribution in [2.75, 3.05) is 13.9 Å². The summed E-state index contributed by atoms with van der Waals surface area (Å²) in [7, 11) is 1.56. The molecule has 0 amide bonds. The van der Waals surface area contributed by atoms with Crippen LogP contribution in [0.5, 0.6) is 23.0 Å². The van der Waals surface area contributed by atoms with Gasteiger partial charge in [-0.3, -0.25) is 4.79 Å². The summed E-state index contributed by atoms with van der Waals surface area (Å²) in [5.41, 5.74) is 2.67. The topological polar surface area (TPSA) is 92.0 Å². The van der Waals surface area contributed by atoms with Gasteiger partial charge in [-0.15, -0.1) is 13.2 Å². The maximum Gasteiger partial charge on any atom is 0.573 e. The minimum absolute atomic E-state index is 0.0779. The number of ether oxygens (including phenoxy) is 4. The minimum Gasteiger partial charge on any atom is -0.497 e. The molecule has 5 rings (SSSR count). The number of methoxy groups -OCH3 is 1. The molecule has 1 aliphatic rings. The highest BCUT2D eigenvalue weighted by atomic mass is 19.4. The molecule has 0 aliphatic carbocycles. The number of hydrogen-bond acceptors (Lipinski definition) is 6. The Balaban J connectivity index is 1.53. The molecule has 1 atom stereocenters. The molecule has 3 aromatic carbocycles. The number of aliphatic carboxylic acids is 1. The van der Waals surface area contributed by atoms with E-state index in [4.69, 9.17) is 14.2 Å². The molecule has 4 aromatic rings. The van der Waals surface area contributed by atoms with Gasteiger partial charge in [0.2, 0.25) is 6.79 Å². The molecule has 11 heteroatoms. The standard InChI is InChI=1S/C27H21F3N2O6/c1-35-20-8-6-19(7-9-20)32-23(17-5-10-24-25(12-17)37-15-36-24)14-18(31-32)13-22(26(33)34)16-3-2-4-21(11-16)38-27(28,29)30/h2-12,14,22H,13,15H2,1H3,(H,33,34). The highest BCUT2D eigenvalue weighted by Crippen LogP contribution is 2.37. The third-order valence-corrected chi connectivity index (χ3v) is 5.95. The fraction of sp³-hybridized carbons (Fsp3) is 0.185. The van der Waals surface area contributed by atoms with Crippen LogP contribution in [0, 0.1) is 0 Å². The summed E-state index contributed by atoms with van der Waals surface area (Å²) in [6.45, 7) is 0.110. The quantitative estimate of drug-likeness (QED) is 0.320. The van der Waals surface area contributed by atoms with Crippen LogP contribution in [0.3, 0.4) is 0 Å². The molecule has 1 unspecified atom stereocenters. The van der Waals surface area contributed by atoms with Gasteiger partial charge in [0.1, 0.15) is 11.5 Å². The molecule has 0 spiro atoms. The van der Waals surface area contributed by atoms with Crippen LogP contribution in [0.2, 0.25) is 0 Å². The molecule has 1 N–H and O–H groups in total. The second-order valence-corrected chi connectivity index (χ2v) is 8.41. The summed E-state index contributed by atoms with van der Waals surface area (Å²) in [6.07, 6.45) is -4.97. The molecule has 196 valence electrons. The van der Waals surface area contributed by atoms with E-state index in [1.54, 1.807) is 54.3 Å². The summed E-state index contributed by atoms with van der Waals surface area (Å²) in [6, 6.07) is 19.3. The Bertz CT molecular complexity index is 1470. The fourth-order valence-corrected chi connectivity index (χ4v) is 4.20. The Hall–Kier alpha value is -4.67. The van der Waals surface area contributed by atoms with Crippen LogP contribution in [0.1, 0.15) is 17.2 Å². The second kappa shape index (κ2) is 10.0. The monoisotopic (exact) mass is 526 g/mol. The van der Waals surface area contributed by atoms with Crippen LogP contribution in [0.25, 0.3) is 16.9 Å². The average molecular weight is 526 g/mol. The van der Waals surface area contributed by atoms with E-state index >= 15 is 0 Å². The van der Waals surface area contributed by atoms with Gasteiger partial charge in [-0.25, -0.2) is 4.68 Å². The number of hydrogen-bond donors (Lipinski definition) is 1. The Labute approximate surface area is 214 Å². The third-order valence-electron chi connectivity index (χ3n) is 5.95. The van der Waals surface area contributed by atoms with Crippen molar-refractivity contribution in [3.63, 3.8) is 0 Å². The van der Waals surface area contributed by atoms with E-state index in [-0.39, 0.29) is 18.8 Å². The van der Waals surface area contributed by atoms with Crippen molar-refractivity contribution in [1.29, 1.82) is 0 Å². The smallest absolute Gasteiger partial charge is 0.497 e. The van der Waals surface area contributed by atoms with E-state index < -0.39 is 24.0 Å². The largest absolute Gasteiger partial charge is 0.573 e. The van der Waals surface area contributed by atoms with Gasteiger partial charge < -0.3 is 24.1 Å². The number of carboxylic acids is 1. The van der Waals surface area contributed by atoms with Crippen molar-refractivity contribution < 1.29 is 42.0 Å². The lowest BCUT2D eigenvalue weighted by atomic mass is 9.94. The van der Waals surface area contributed by atoms with E-state index in [0.717, 1.165) is 17.7 Å². The number of rotatable bonds is 8. The van der Waals surface area contributed by atoms with Crippen LogP contribution in [0.4, 0.5) is 13.2 Å². The van der Waals surface area contributed by atoms with Gasteiger partial charge >= 0.3 is 12.3 Å². The number of benzene rings is 3. The van der Waals surface area contributed by atoms with Gasteiger partial charge in [-0.1, -0.05) is 12.1 Å². The predicted molar refractivity (Wildman–Crippen MR) is 129 cm³/mol. The van der Waals surface area contributed by atoms with Crippen molar-refractivity contribution in [1.82, 2.24) is 9.78 Å². The average Bonchev–Trinajstić information content (AvgIpc) is 3.53. The van der Waals surface area contributed by atoms with Crippen molar-refractivity contribution in [2.45, 2.75) is 18.7 Å². The SMILES string of the molecule is COc1ccc(-n2nc(CC(C(=O)O)c3cccc(OC(F)(F)F)c3)cc2-c2ccc3c(c2)OCO3)cc1. The van der Waals surface area contributed by atoms with E-state index in [1.165, 1.54) is 12.1 Å². The molecular weight excluding hydrogens is 505 g/mol. The molecular formula is C27H21F3N2O6. The number of halogens is 3. The molecule has 2 heterocycles. The Morgan fingerprint density at radius 1 is 1.03 bits per heavy atom. The molecule has 8 nitrogen and oxygen atoms in total. The van der Waals surface area contributed by atoms with Crippen molar-refractivity contribution in [3.8, 4) is 39.9 Å². The number of carboxylic acid groups (broad SMARTS) is 1. The molecule has 0 radical (unpaired) electrons. The summed E-state index contributed by atoms with van der Waals surface area (Å²) in [5.74, 6) is -1.05. The first-order chi connectivity index (χ1) is 18.2. The highest BCUT2D eigenvalue weighted by Gasteiger charge is 2.32. The molecule has 0 saturated carbocycles. The molecule has 0 saturated heterocycles. The normalized spacial score (nSPS) is 13.3. The molecule has 1 aromatic heterocycles. The first-order valence-corrected chi connectivity index (χ1v) is 11.4. The Kier molecular flexibility index (Phi) is 6.58. The number of carbonyl (C=O) groups is 1. The number of nitrogens with zero attached hydrogens (tertiary/aromatic N) is 2. The Morgan fingerprint density at radius 2 is 1.79 bits per heavy atom. The van der Waals surface area contributed by atoms with Crippen LogP contribution in [0.15, 0.2) is 72.8 Å². The van der Waals surface area contributed by atoms with E-state index in [9.17, 15) is 23.1 Å². The van der Waals surface area contributed by atoms with Crippen LogP contribution in [-0.2, 0) is 11.2 Å². The van der Waals surface area contributed by atoms with Crippen molar-refractivity contribution in [3.05, 3.63) is 84.1 Å². The maximum absolute atomic E-state index is 12.7. The van der Waals surface area contributed by atoms with Gasteiger partial charge in [0, 0.05) is 12.0 Å². The predicted octanol–water partition coefficient (Wildman–Crippen LogP) is 5.59. The lowest BCUT2D eigenvalue weighted by molar-refractivity contribution is -0.274. The zero-order chi connectivity index (χ0) is 26.9. The van der Waals surface area contributed by atoms with Gasteiger partial charge in [0.05, 0.1) is 30.1 Å². The van der Waals surface area contributed by atoms with Gasteiger partial charge in [-0.05, 0) is 66.2 Å². The zero-order valence-corrected chi connectivity index (χ0v) is 19.9. The third kappa shape index (κ3) is 5.36. The van der Waals surface area contributed by atoms with E-state index in [2.05, 4.69) is 9.84 Å². The number of aromatic nitrogens is 2. The van der Waals surface area contributed by atoms with Crippen LogP contribution >= 0.6 is 0 Å². The number of alkyl halides is 3. The van der Waals surface area contributed by atoms with Gasteiger partial charge in [0.25, 0.3) is 0 Å². The summed E-state index contributed by atoms with van der Waals surface area (Å²) < 4.78 is 59.9. The first-order valence-electron chi connectivity index (χ1n) is 11.4. The zero-order valence-electron chi connectivity index (χ0n) is 19.9. The minimum atomic E-state index is -4.89. The maximum atomic E-state index is 12.7. The van der Waals surface area contributed by atoms with Crippen LogP contribution < -0.4 is 18.9 Å². The summed E-state index contributed by atoms with van der Waals surface area (Å²) in [4.78, 5) is 12.2. The first kappa shape index (κ1) is 25.0. The summed E-state index contributed by atoms with van der Waals surface area (Å²) >= 11 is 0. The molecule has 0 fully saturated rings. The second-order valence-electron chi connectivity index (χ2n) is 8.41. The number of fused-ring (bicyclic) bond motifs is 1. The fourth-order valence-electron chi connectivity index (χ4n) is 4.20. The van der Waals surface area contributed by atoms with Crippen molar-refractivity contribution in [2.24, 2.45) is 0 Å². The summed E-state index contributed by atoms with van der Waals surface area (Å²) in [5, 5.41) is 14.6.